The van der Waals surface area contributed by atoms with Crippen molar-refractivity contribution >= 4 is 23.2 Å². The van der Waals surface area contributed by atoms with Crippen LogP contribution in [0.5, 0.6) is 5.75 Å². The van der Waals surface area contributed by atoms with Gasteiger partial charge in [0.25, 0.3) is 0 Å². The first-order chi connectivity index (χ1) is 9.22. The number of aromatic hydroxyl groups is 1. The van der Waals surface area contributed by atoms with Crippen LogP contribution in [0.2, 0.25) is 5.15 Å². The van der Waals surface area contributed by atoms with Gasteiger partial charge in [0.1, 0.15) is 10.9 Å². The summed E-state index contributed by atoms with van der Waals surface area (Å²) < 4.78 is 0. The molecule has 0 unspecified atom stereocenters. The summed E-state index contributed by atoms with van der Waals surface area (Å²) in [5, 5.41) is 16.1. The van der Waals surface area contributed by atoms with E-state index in [1.807, 2.05) is 0 Å². The fourth-order valence-corrected chi connectivity index (χ4v) is 2.29. The molecule has 0 amide bonds. The van der Waals surface area contributed by atoms with Crippen molar-refractivity contribution in [2.75, 3.05) is 11.9 Å². The monoisotopic (exact) mass is 276 g/mol. The number of aromatic nitrogens is 2. The Hall–Kier alpha value is -1.85. The molecule has 5 nitrogen and oxygen atoms in total. The number of rotatable bonds is 2. The number of halogens is 1. The van der Waals surface area contributed by atoms with Crippen molar-refractivity contribution in [1.82, 2.24) is 15.3 Å². The third-order valence-corrected chi connectivity index (χ3v) is 3.32. The fourth-order valence-electron chi connectivity index (χ4n) is 2.03. The third kappa shape index (κ3) is 2.62. The van der Waals surface area contributed by atoms with Crippen molar-refractivity contribution in [1.29, 1.82) is 0 Å². The van der Waals surface area contributed by atoms with Crippen LogP contribution in [0.1, 0.15) is 11.3 Å². The topological polar surface area (TPSA) is 70.1 Å². The maximum Gasteiger partial charge on any atom is 0.228 e. The van der Waals surface area contributed by atoms with E-state index in [9.17, 15) is 5.11 Å². The first-order valence-corrected chi connectivity index (χ1v) is 6.42. The Kier molecular flexibility index (Phi) is 3.23. The molecule has 2 aromatic rings. The number of nitrogens with one attached hydrogen (secondary N) is 2. The number of phenolic OH excluding ortho intramolecular Hbond substituents is 1. The van der Waals surface area contributed by atoms with Crippen LogP contribution in [0.4, 0.5) is 11.6 Å². The average Bonchev–Trinajstić information content (AvgIpc) is 2.42. The molecular weight excluding hydrogens is 264 g/mol. The minimum Gasteiger partial charge on any atom is -0.508 e. The van der Waals surface area contributed by atoms with Crippen LogP contribution < -0.4 is 10.6 Å². The Morgan fingerprint density at radius 1 is 1.21 bits per heavy atom. The van der Waals surface area contributed by atoms with Gasteiger partial charge in [0.15, 0.2) is 0 Å². The molecule has 0 bridgehead atoms. The first kappa shape index (κ1) is 12.2. The van der Waals surface area contributed by atoms with Gasteiger partial charge in [-0.3, -0.25) is 0 Å². The zero-order valence-electron chi connectivity index (χ0n) is 10.2. The van der Waals surface area contributed by atoms with Crippen molar-refractivity contribution in [3.05, 3.63) is 40.7 Å². The molecule has 6 heteroatoms. The molecular formula is C13H13ClN4O. The van der Waals surface area contributed by atoms with Crippen LogP contribution in [-0.2, 0) is 13.0 Å². The molecule has 3 rings (SSSR count). The molecule has 0 radical (unpaired) electrons. The highest BCUT2D eigenvalue weighted by atomic mass is 35.5. The molecule has 0 saturated heterocycles. The SMILES string of the molecule is Oc1ccc(Nc2nc(Cl)c3c(n2)CCNC3)cc1. The minimum absolute atomic E-state index is 0.223. The summed E-state index contributed by atoms with van der Waals surface area (Å²) in [6.45, 7) is 1.62. The first-order valence-electron chi connectivity index (χ1n) is 6.04. The number of anilines is 2. The quantitative estimate of drug-likeness (QED) is 0.580. The lowest BCUT2D eigenvalue weighted by atomic mass is 10.1. The zero-order valence-corrected chi connectivity index (χ0v) is 10.9. The van der Waals surface area contributed by atoms with Gasteiger partial charge in [-0.15, -0.1) is 0 Å². The summed E-state index contributed by atoms with van der Waals surface area (Å²) in [7, 11) is 0. The zero-order chi connectivity index (χ0) is 13.2. The Morgan fingerprint density at radius 2 is 2.00 bits per heavy atom. The highest BCUT2D eigenvalue weighted by Gasteiger charge is 2.16. The lowest BCUT2D eigenvalue weighted by Crippen LogP contribution is -2.25. The summed E-state index contributed by atoms with van der Waals surface area (Å²) in [4.78, 5) is 8.73. The lowest BCUT2D eigenvalue weighted by molar-refractivity contribution is 0.475. The molecule has 19 heavy (non-hydrogen) atoms. The molecule has 0 atom stereocenters. The van der Waals surface area contributed by atoms with Crippen molar-refractivity contribution in [3.63, 3.8) is 0 Å². The Balaban J connectivity index is 1.89. The summed E-state index contributed by atoms with van der Waals surface area (Å²) >= 11 is 6.17. The summed E-state index contributed by atoms with van der Waals surface area (Å²) in [6, 6.07) is 6.72. The molecule has 3 N–H and O–H groups in total. The Bertz CT molecular complexity index is 600. The molecule has 1 aromatic carbocycles. The van der Waals surface area contributed by atoms with Crippen molar-refractivity contribution in [2.24, 2.45) is 0 Å². The number of nitrogens with zero attached hydrogens (tertiary/aromatic N) is 2. The van der Waals surface area contributed by atoms with Gasteiger partial charge in [-0.2, -0.15) is 0 Å². The lowest BCUT2D eigenvalue weighted by Gasteiger charge is -2.18. The highest BCUT2D eigenvalue weighted by molar-refractivity contribution is 6.30. The second kappa shape index (κ2) is 5.03. The number of hydrogen-bond donors (Lipinski definition) is 3. The van der Waals surface area contributed by atoms with Gasteiger partial charge in [0.05, 0.1) is 5.69 Å². The smallest absolute Gasteiger partial charge is 0.228 e. The van der Waals surface area contributed by atoms with Crippen LogP contribution in [-0.4, -0.2) is 21.6 Å². The largest absolute Gasteiger partial charge is 0.508 e. The van der Waals surface area contributed by atoms with Gasteiger partial charge in [-0.05, 0) is 24.3 Å². The predicted octanol–water partition coefficient (Wildman–Crippen LogP) is 2.22. The van der Waals surface area contributed by atoms with Gasteiger partial charge in [0.2, 0.25) is 5.95 Å². The van der Waals surface area contributed by atoms with Crippen LogP contribution >= 0.6 is 11.6 Å². The van der Waals surface area contributed by atoms with Gasteiger partial charge in [-0.1, -0.05) is 11.6 Å². The van der Waals surface area contributed by atoms with E-state index in [1.54, 1.807) is 24.3 Å². The summed E-state index contributed by atoms with van der Waals surface area (Å²) in [6.07, 6.45) is 0.849. The van der Waals surface area contributed by atoms with Crippen LogP contribution in [0.15, 0.2) is 24.3 Å². The Morgan fingerprint density at radius 3 is 2.79 bits per heavy atom. The molecule has 2 heterocycles. The van der Waals surface area contributed by atoms with Gasteiger partial charge in [-0.25, -0.2) is 9.97 Å². The van der Waals surface area contributed by atoms with Crippen LogP contribution in [0, 0.1) is 0 Å². The second-order valence-corrected chi connectivity index (χ2v) is 4.72. The molecule has 0 aliphatic carbocycles. The molecule has 0 fully saturated rings. The van der Waals surface area contributed by atoms with E-state index in [0.717, 1.165) is 29.9 Å². The maximum absolute atomic E-state index is 9.24. The predicted molar refractivity (Wildman–Crippen MR) is 73.8 cm³/mol. The number of fused-ring (bicyclic) bond motifs is 1. The van der Waals surface area contributed by atoms with E-state index in [0.29, 0.717) is 17.6 Å². The summed E-state index contributed by atoms with van der Waals surface area (Å²) in [5.41, 5.74) is 2.77. The van der Waals surface area contributed by atoms with Crippen molar-refractivity contribution < 1.29 is 5.11 Å². The second-order valence-electron chi connectivity index (χ2n) is 4.36. The molecule has 1 aliphatic rings. The van der Waals surface area contributed by atoms with Gasteiger partial charge < -0.3 is 15.7 Å². The van der Waals surface area contributed by atoms with E-state index in [4.69, 9.17) is 11.6 Å². The molecule has 1 aromatic heterocycles. The van der Waals surface area contributed by atoms with E-state index in [2.05, 4.69) is 20.6 Å². The standard InChI is InChI=1S/C13H13ClN4O/c14-12-10-7-15-6-5-11(10)17-13(18-12)16-8-1-3-9(19)4-2-8/h1-4,15,19H,5-7H2,(H,16,17,18). The molecule has 1 aliphatic heterocycles. The van der Waals surface area contributed by atoms with Crippen LogP contribution in [0.3, 0.4) is 0 Å². The Labute approximate surface area is 115 Å². The van der Waals surface area contributed by atoms with Gasteiger partial charge >= 0.3 is 0 Å². The van der Waals surface area contributed by atoms with E-state index in [1.165, 1.54) is 0 Å². The molecule has 0 saturated carbocycles. The molecule has 0 spiro atoms. The molecule has 98 valence electrons. The van der Waals surface area contributed by atoms with Crippen LogP contribution in [0.25, 0.3) is 0 Å². The minimum atomic E-state index is 0.223. The van der Waals surface area contributed by atoms with E-state index >= 15 is 0 Å². The highest BCUT2D eigenvalue weighted by Crippen LogP contribution is 2.23. The van der Waals surface area contributed by atoms with Gasteiger partial charge in [0, 0.05) is 30.8 Å². The van der Waals surface area contributed by atoms with E-state index < -0.39 is 0 Å². The van der Waals surface area contributed by atoms with Crippen molar-refractivity contribution in [2.45, 2.75) is 13.0 Å². The number of phenols is 1. The fraction of sp³-hybridized carbons (Fsp3) is 0.231. The summed E-state index contributed by atoms with van der Waals surface area (Å²) in [5.74, 6) is 0.706. The number of benzene rings is 1. The average molecular weight is 277 g/mol. The third-order valence-electron chi connectivity index (χ3n) is 3.01. The normalized spacial score (nSPS) is 13.9. The van der Waals surface area contributed by atoms with Crippen molar-refractivity contribution in [3.8, 4) is 5.75 Å². The van der Waals surface area contributed by atoms with E-state index in [-0.39, 0.29) is 5.75 Å². The number of hydrogen-bond acceptors (Lipinski definition) is 5. The maximum atomic E-state index is 9.24.